The van der Waals surface area contributed by atoms with Crippen molar-refractivity contribution in [3.05, 3.63) is 58.6 Å². The molecule has 2 aromatic carbocycles. The molecule has 1 atom stereocenters. The van der Waals surface area contributed by atoms with Gasteiger partial charge in [-0.25, -0.2) is 4.79 Å². The van der Waals surface area contributed by atoms with Crippen LogP contribution < -0.4 is 10.2 Å². The van der Waals surface area contributed by atoms with Gasteiger partial charge in [-0.2, -0.15) is 0 Å². The Morgan fingerprint density at radius 2 is 1.93 bits per heavy atom. The molecule has 9 heteroatoms. The molecule has 1 fully saturated rings. The second-order valence-corrected chi connectivity index (χ2v) is 7.01. The Balaban J connectivity index is 1.91. The molecule has 0 radical (unpaired) electrons. The van der Waals surface area contributed by atoms with E-state index in [2.05, 4.69) is 15.0 Å². The molecule has 2 aromatic rings. The van der Waals surface area contributed by atoms with Crippen LogP contribution >= 0.6 is 23.8 Å². The molecule has 1 aliphatic rings. The lowest BCUT2D eigenvalue weighted by Crippen LogP contribution is -2.58. The minimum Gasteiger partial charge on any atom is -0.465 e. The summed E-state index contributed by atoms with van der Waals surface area (Å²) in [5, 5.41) is 2.76. The van der Waals surface area contributed by atoms with Crippen molar-refractivity contribution in [2.75, 3.05) is 12.0 Å². The molecule has 7 nitrogen and oxygen atoms in total. The van der Waals surface area contributed by atoms with Crippen molar-refractivity contribution in [3.8, 4) is 0 Å². The van der Waals surface area contributed by atoms with E-state index in [1.165, 1.54) is 36.4 Å². The predicted molar refractivity (Wildman–Crippen MR) is 114 cm³/mol. The third-order valence-electron chi connectivity index (χ3n) is 4.22. The Hall–Kier alpha value is -3.10. The molecule has 0 unspecified atom stereocenters. The van der Waals surface area contributed by atoms with Gasteiger partial charge in [0.25, 0.3) is 5.91 Å². The van der Waals surface area contributed by atoms with Gasteiger partial charge in [0.1, 0.15) is 0 Å². The van der Waals surface area contributed by atoms with Crippen molar-refractivity contribution in [1.82, 2.24) is 5.32 Å². The molecular formula is C20H16ClN3O4S. The molecule has 0 aromatic heterocycles. The molecule has 1 saturated heterocycles. The number of aliphatic imine (C=N–C) groups is 1. The Bertz CT molecular complexity index is 1040. The molecule has 148 valence electrons. The Morgan fingerprint density at radius 3 is 2.59 bits per heavy atom. The van der Waals surface area contributed by atoms with Gasteiger partial charge in [0.15, 0.2) is 11.0 Å². The maximum absolute atomic E-state index is 12.9. The summed E-state index contributed by atoms with van der Waals surface area (Å²) in [4.78, 5) is 42.4. The second-order valence-electron chi connectivity index (χ2n) is 6.22. The number of ether oxygens (including phenoxy) is 1. The molecular weight excluding hydrogens is 414 g/mol. The zero-order chi connectivity index (χ0) is 21.1. The number of hydrogen-bond acceptors (Lipinski definition) is 6. The number of nitrogens with one attached hydrogen (secondary N) is 1. The first-order valence-corrected chi connectivity index (χ1v) is 9.28. The van der Waals surface area contributed by atoms with E-state index in [4.69, 9.17) is 23.8 Å². The normalized spacial score (nSPS) is 16.9. The Morgan fingerprint density at radius 1 is 1.24 bits per heavy atom. The van der Waals surface area contributed by atoms with E-state index in [0.29, 0.717) is 5.69 Å². The van der Waals surface area contributed by atoms with Gasteiger partial charge in [0, 0.05) is 6.21 Å². The van der Waals surface area contributed by atoms with E-state index in [9.17, 15) is 14.4 Å². The fraction of sp³-hybridized carbons (Fsp3) is 0.150. The highest BCUT2D eigenvalue weighted by molar-refractivity contribution is 7.80. The minimum absolute atomic E-state index is 0.000718. The van der Waals surface area contributed by atoms with Crippen LogP contribution in [0.2, 0.25) is 5.02 Å². The molecule has 29 heavy (non-hydrogen) atoms. The number of rotatable bonds is 4. The molecule has 0 aliphatic carbocycles. The molecule has 0 saturated carbocycles. The zero-order valence-corrected chi connectivity index (χ0v) is 17.1. The second kappa shape index (κ2) is 8.50. The van der Waals surface area contributed by atoms with Gasteiger partial charge in [-0.05, 0) is 49.5 Å². The minimum atomic E-state index is -1.21. The standard InChI is InChI=1S/C20H16ClN3O4S/c1-11-3-6-13(7-4-11)24-18(26)14(17(25)23-20(24)29)10-22-16-9-12(19(27)28-2)5-8-15(16)21/h3-10,14H,1-2H3,(H,23,25,29)/t14-/m0/s1. The van der Waals surface area contributed by atoms with E-state index >= 15 is 0 Å². The number of amides is 2. The fourth-order valence-corrected chi connectivity index (χ4v) is 3.13. The van der Waals surface area contributed by atoms with Crippen LogP contribution in [0, 0.1) is 12.8 Å². The number of benzene rings is 2. The lowest BCUT2D eigenvalue weighted by atomic mass is 10.1. The highest BCUT2D eigenvalue weighted by Gasteiger charge is 2.38. The summed E-state index contributed by atoms with van der Waals surface area (Å²) in [5.74, 6) is -2.89. The monoisotopic (exact) mass is 429 g/mol. The molecule has 2 amide bonds. The molecule has 1 aliphatic heterocycles. The maximum atomic E-state index is 12.9. The van der Waals surface area contributed by atoms with Crippen LogP contribution in [-0.4, -0.2) is 36.2 Å². The van der Waals surface area contributed by atoms with Crippen LogP contribution in [0.3, 0.4) is 0 Å². The highest BCUT2D eigenvalue weighted by Crippen LogP contribution is 2.27. The molecule has 3 rings (SSSR count). The van der Waals surface area contributed by atoms with E-state index in [-0.39, 0.29) is 21.4 Å². The lowest BCUT2D eigenvalue weighted by molar-refractivity contribution is -0.130. The maximum Gasteiger partial charge on any atom is 0.337 e. The predicted octanol–water partition coefficient (Wildman–Crippen LogP) is 3.20. The highest BCUT2D eigenvalue weighted by atomic mass is 35.5. The largest absolute Gasteiger partial charge is 0.465 e. The zero-order valence-electron chi connectivity index (χ0n) is 15.5. The van der Waals surface area contributed by atoms with Crippen LogP contribution in [0.1, 0.15) is 15.9 Å². The van der Waals surface area contributed by atoms with Crippen LogP contribution in [0.25, 0.3) is 0 Å². The van der Waals surface area contributed by atoms with Crippen molar-refractivity contribution >= 4 is 64.3 Å². The number of anilines is 1. The number of esters is 1. The van der Waals surface area contributed by atoms with Crippen LogP contribution in [0.5, 0.6) is 0 Å². The topological polar surface area (TPSA) is 88.1 Å². The van der Waals surface area contributed by atoms with Crippen molar-refractivity contribution in [1.29, 1.82) is 0 Å². The first-order valence-electron chi connectivity index (χ1n) is 8.49. The fourth-order valence-electron chi connectivity index (χ4n) is 2.67. The van der Waals surface area contributed by atoms with Crippen LogP contribution in [0.4, 0.5) is 11.4 Å². The van der Waals surface area contributed by atoms with Gasteiger partial charge in [0.2, 0.25) is 5.91 Å². The Kier molecular flexibility index (Phi) is 6.05. The lowest BCUT2D eigenvalue weighted by Gasteiger charge is -2.31. The number of carbonyl (C=O) groups is 3. The summed E-state index contributed by atoms with van der Waals surface area (Å²) in [5.41, 5.74) is 2.03. The smallest absolute Gasteiger partial charge is 0.337 e. The number of halogens is 1. The number of methoxy groups -OCH3 is 1. The van der Waals surface area contributed by atoms with Crippen molar-refractivity contribution in [2.45, 2.75) is 6.92 Å². The van der Waals surface area contributed by atoms with Crippen molar-refractivity contribution in [2.24, 2.45) is 10.9 Å². The van der Waals surface area contributed by atoms with Gasteiger partial charge in [0.05, 0.1) is 29.1 Å². The van der Waals surface area contributed by atoms with Gasteiger partial charge in [-0.3, -0.25) is 19.5 Å². The summed E-state index contributed by atoms with van der Waals surface area (Å²) < 4.78 is 4.67. The summed E-state index contributed by atoms with van der Waals surface area (Å²) in [6.07, 6.45) is 1.18. The van der Waals surface area contributed by atoms with Crippen LogP contribution in [-0.2, 0) is 14.3 Å². The third kappa shape index (κ3) is 4.33. The van der Waals surface area contributed by atoms with Gasteiger partial charge in [-0.15, -0.1) is 0 Å². The number of aryl methyl sites for hydroxylation is 1. The van der Waals surface area contributed by atoms with Gasteiger partial charge >= 0.3 is 5.97 Å². The van der Waals surface area contributed by atoms with E-state index < -0.39 is 23.7 Å². The molecule has 0 spiro atoms. The van der Waals surface area contributed by atoms with Crippen LogP contribution in [0.15, 0.2) is 47.5 Å². The van der Waals surface area contributed by atoms with E-state index in [0.717, 1.165) is 5.56 Å². The number of carbonyl (C=O) groups excluding carboxylic acids is 3. The van der Waals surface area contributed by atoms with E-state index in [1.54, 1.807) is 12.1 Å². The van der Waals surface area contributed by atoms with Gasteiger partial charge < -0.3 is 10.1 Å². The average Bonchev–Trinajstić information content (AvgIpc) is 2.69. The third-order valence-corrected chi connectivity index (χ3v) is 4.83. The summed E-state index contributed by atoms with van der Waals surface area (Å²) in [6.45, 7) is 1.92. The van der Waals surface area contributed by atoms with Gasteiger partial charge in [-0.1, -0.05) is 29.3 Å². The number of nitrogens with zero attached hydrogens (tertiary/aromatic N) is 2. The number of hydrogen-bond donors (Lipinski definition) is 1. The Labute approximate surface area is 177 Å². The summed E-state index contributed by atoms with van der Waals surface area (Å²) >= 11 is 11.3. The molecule has 0 bridgehead atoms. The first kappa shape index (κ1) is 20.6. The number of thiocarbonyl (C=S) groups is 1. The molecule has 1 heterocycles. The van der Waals surface area contributed by atoms with Crippen molar-refractivity contribution in [3.63, 3.8) is 0 Å². The van der Waals surface area contributed by atoms with Crippen molar-refractivity contribution < 1.29 is 19.1 Å². The van der Waals surface area contributed by atoms with E-state index in [1.807, 2.05) is 19.1 Å². The SMILES string of the molecule is COC(=O)c1ccc(Cl)c(N=C[C@H]2C(=O)NC(=S)N(c3ccc(C)cc3)C2=O)c1. The average molecular weight is 430 g/mol. The quantitative estimate of drug-likeness (QED) is 0.349. The summed E-state index contributed by atoms with van der Waals surface area (Å²) in [7, 11) is 1.26. The molecule has 1 N–H and O–H groups in total. The first-order chi connectivity index (χ1) is 13.8. The summed E-state index contributed by atoms with van der Waals surface area (Å²) in [6, 6.07) is 11.5.